The third-order valence-electron chi connectivity index (χ3n) is 4.50. The SMILES string of the molecule is CCCCN1C(=O)c2ccc(C(=O)OCC(=O)c3cc(F)ccc3F)cc2C1=O. The molecule has 0 spiro atoms. The smallest absolute Gasteiger partial charge is 0.338 e. The van der Waals surface area contributed by atoms with Gasteiger partial charge in [0.1, 0.15) is 11.6 Å². The molecule has 0 aromatic heterocycles. The Bertz CT molecular complexity index is 1020. The van der Waals surface area contributed by atoms with Crippen molar-refractivity contribution in [3.05, 3.63) is 70.3 Å². The maximum absolute atomic E-state index is 13.6. The zero-order valence-electron chi connectivity index (χ0n) is 15.5. The lowest BCUT2D eigenvalue weighted by molar-refractivity contribution is 0.0473. The van der Waals surface area contributed by atoms with E-state index in [1.807, 2.05) is 6.92 Å². The van der Waals surface area contributed by atoms with Gasteiger partial charge in [-0.25, -0.2) is 13.6 Å². The number of ether oxygens (including phenoxy) is 1. The lowest BCUT2D eigenvalue weighted by atomic mass is 10.1. The monoisotopic (exact) mass is 401 g/mol. The molecule has 0 unspecified atom stereocenters. The number of carbonyl (C=O) groups excluding carboxylic acids is 4. The molecule has 0 radical (unpaired) electrons. The Morgan fingerprint density at radius 2 is 1.72 bits per heavy atom. The zero-order chi connectivity index (χ0) is 21.1. The van der Waals surface area contributed by atoms with Gasteiger partial charge in [-0.05, 0) is 42.8 Å². The molecule has 0 atom stereocenters. The highest BCUT2D eigenvalue weighted by atomic mass is 19.1. The summed E-state index contributed by atoms with van der Waals surface area (Å²) in [5.74, 6) is -4.48. The summed E-state index contributed by atoms with van der Waals surface area (Å²) in [6, 6.07) is 6.28. The first-order chi connectivity index (χ1) is 13.8. The predicted octanol–water partition coefficient (Wildman–Crippen LogP) is 3.40. The van der Waals surface area contributed by atoms with E-state index < -0.39 is 47.4 Å². The summed E-state index contributed by atoms with van der Waals surface area (Å²) < 4.78 is 31.7. The molecule has 1 heterocycles. The van der Waals surface area contributed by atoms with Gasteiger partial charge in [0.2, 0.25) is 5.78 Å². The summed E-state index contributed by atoms with van der Waals surface area (Å²) in [4.78, 5) is 50.1. The summed E-state index contributed by atoms with van der Waals surface area (Å²) in [6.45, 7) is 1.42. The Morgan fingerprint density at radius 1 is 1.00 bits per heavy atom. The number of nitrogens with zero attached hydrogens (tertiary/aromatic N) is 1. The van der Waals surface area contributed by atoms with E-state index in [1.54, 1.807) is 0 Å². The number of Topliss-reactive ketones (excluding diaryl/α,β-unsaturated/α-hetero) is 1. The highest BCUT2D eigenvalue weighted by Crippen LogP contribution is 2.24. The molecule has 2 aromatic carbocycles. The van der Waals surface area contributed by atoms with E-state index in [0.717, 1.165) is 29.5 Å². The molecule has 2 aromatic rings. The number of fused-ring (bicyclic) bond motifs is 1. The minimum Gasteiger partial charge on any atom is -0.454 e. The third kappa shape index (κ3) is 4.06. The van der Waals surface area contributed by atoms with Crippen molar-refractivity contribution in [3.63, 3.8) is 0 Å². The molecule has 0 saturated carbocycles. The molecular formula is C21H17F2NO5. The second-order valence-electron chi connectivity index (χ2n) is 6.50. The largest absolute Gasteiger partial charge is 0.454 e. The Labute approximate surface area is 165 Å². The number of unbranched alkanes of at least 4 members (excludes halogenated alkanes) is 1. The van der Waals surface area contributed by atoms with Crippen LogP contribution in [0.25, 0.3) is 0 Å². The van der Waals surface area contributed by atoms with Crippen LogP contribution >= 0.6 is 0 Å². The summed E-state index contributed by atoms with van der Waals surface area (Å²) in [6.07, 6.45) is 1.48. The van der Waals surface area contributed by atoms with E-state index in [-0.39, 0.29) is 23.2 Å². The van der Waals surface area contributed by atoms with Crippen LogP contribution in [-0.4, -0.2) is 41.6 Å². The molecule has 29 heavy (non-hydrogen) atoms. The molecule has 3 rings (SSSR count). The van der Waals surface area contributed by atoms with E-state index in [1.165, 1.54) is 18.2 Å². The predicted molar refractivity (Wildman–Crippen MR) is 97.7 cm³/mol. The second-order valence-corrected chi connectivity index (χ2v) is 6.50. The minimum atomic E-state index is -0.929. The van der Waals surface area contributed by atoms with Gasteiger partial charge in [-0.3, -0.25) is 19.3 Å². The van der Waals surface area contributed by atoms with Gasteiger partial charge in [-0.1, -0.05) is 13.3 Å². The maximum atomic E-state index is 13.6. The molecule has 0 N–H and O–H groups in total. The number of halogens is 2. The number of ketones is 1. The molecular weight excluding hydrogens is 384 g/mol. The minimum absolute atomic E-state index is 0.0326. The van der Waals surface area contributed by atoms with Gasteiger partial charge in [0.05, 0.1) is 22.3 Å². The van der Waals surface area contributed by atoms with Gasteiger partial charge in [0.25, 0.3) is 11.8 Å². The molecule has 2 amide bonds. The molecule has 8 heteroatoms. The summed E-state index contributed by atoms with van der Waals surface area (Å²) in [5.41, 5.74) is -0.280. The third-order valence-corrected chi connectivity index (χ3v) is 4.50. The van der Waals surface area contributed by atoms with E-state index in [9.17, 15) is 28.0 Å². The Kier molecular flexibility index (Phi) is 5.81. The summed E-state index contributed by atoms with van der Waals surface area (Å²) in [5, 5.41) is 0. The number of carbonyl (C=O) groups is 4. The molecule has 1 aliphatic rings. The van der Waals surface area contributed by atoms with Crippen molar-refractivity contribution in [2.75, 3.05) is 13.2 Å². The Hall–Kier alpha value is -3.42. The molecule has 0 bridgehead atoms. The van der Waals surface area contributed by atoms with Crippen LogP contribution in [0.3, 0.4) is 0 Å². The fourth-order valence-corrected chi connectivity index (χ4v) is 2.94. The van der Waals surface area contributed by atoms with Gasteiger partial charge in [0.15, 0.2) is 6.61 Å². The number of imide groups is 1. The fourth-order valence-electron chi connectivity index (χ4n) is 2.94. The van der Waals surface area contributed by atoms with Crippen molar-refractivity contribution in [1.82, 2.24) is 4.90 Å². The zero-order valence-corrected chi connectivity index (χ0v) is 15.5. The van der Waals surface area contributed by atoms with Crippen molar-refractivity contribution >= 4 is 23.6 Å². The average Bonchev–Trinajstić information content (AvgIpc) is 2.95. The summed E-state index contributed by atoms with van der Waals surface area (Å²) >= 11 is 0. The van der Waals surface area contributed by atoms with Gasteiger partial charge >= 0.3 is 5.97 Å². The second kappa shape index (κ2) is 8.30. The van der Waals surface area contributed by atoms with Crippen molar-refractivity contribution in [2.45, 2.75) is 19.8 Å². The van der Waals surface area contributed by atoms with Gasteiger partial charge in [0, 0.05) is 6.54 Å². The normalized spacial score (nSPS) is 12.9. The first-order valence-corrected chi connectivity index (χ1v) is 8.99. The van der Waals surface area contributed by atoms with E-state index in [2.05, 4.69) is 0 Å². The fraction of sp³-hybridized carbons (Fsp3) is 0.238. The first-order valence-electron chi connectivity index (χ1n) is 8.99. The van der Waals surface area contributed by atoms with Gasteiger partial charge in [-0.2, -0.15) is 0 Å². The molecule has 0 saturated heterocycles. The van der Waals surface area contributed by atoms with E-state index in [0.29, 0.717) is 6.42 Å². The Balaban J connectivity index is 1.71. The maximum Gasteiger partial charge on any atom is 0.338 e. The highest BCUT2D eigenvalue weighted by Gasteiger charge is 2.35. The standard InChI is InChI=1S/C21H17F2NO5/c1-2-3-8-24-19(26)14-6-4-12(9-15(14)20(24)27)21(28)29-11-18(25)16-10-13(22)5-7-17(16)23/h4-7,9-10H,2-3,8,11H2,1H3. The van der Waals surface area contributed by atoms with Crippen LogP contribution in [0.4, 0.5) is 8.78 Å². The Morgan fingerprint density at radius 3 is 2.45 bits per heavy atom. The molecule has 150 valence electrons. The first kappa shape index (κ1) is 20.3. The van der Waals surface area contributed by atoms with Crippen LogP contribution in [0.2, 0.25) is 0 Å². The number of benzene rings is 2. The lowest BCUT2D eigenvalue weighted by Crippen LogP contribution is -2.30. The van der Waals surface area contributed by atoms with Crippen LogP contribution in [-0.2, 0) is 4.74 Å². The molecule has 0 aliphatic carbocycles. The lowest BCUT2D eigenvalue weighted by Gasteiger charge is -2.12. The van der Waals surface area contributed by atoms with Gasteiger partial charge in [-0.15, -0.1) is 0 Å². The van der Waals surface area contributed by atoms with Gasteiger partial charge < -0.3 is 4.74 Å². The van der Waals surface area contributed by atoms with Crippen LogP contribution in [0.1, 0.15) is 61.2 Å². The van der Waals surface area contributed by atoms with Crippen LogP contribution in [0, 0.1) is 11.6 Å². The molecule has 0 fully saturated rings. The number of esters is 1. The number of amides is 2. The van der Waals surface area contributed by atoms with Crippen LogP contribution < -0.4 is 0 Å². The quantitative estimate of drug-likeness (QED) is 0.404. The van der Waals surface area contributed by atoms with E-state index in [4.69, 9.17) is 4.74 Å². The highest BCUT2D eigenvalue weighted by molar-refractivity contribution is 6.22. The van der Waals surface area contributed by atoms with E-state index >= 15 is 0 Å². The van der Waals surface area contributed by atoms with Crippen molar-refractivity contribution in [2.24, 2.45) is 0 Å². The van der Waals surface area contributed by atoms with Crippen molar-refractivity contribution in [3.8, 4) is 0 Å². The number of hydrogen-bond donors (Lipinski definition) is 0. The molecule has 6 nitrogen and oxygen atoms in total. The van der Waals surface area contributed by atoms with Crippen LogP contribution in [0.15, 0.2) is 36.4 Å². The van der Waals surface area contributed by atoms with Crippen molar-refractivity contribution in [1.29, 1.82) is 0 Å². The van der Waals surface area contributed by atoms with Crippen molar-refractivity contribution < 1.29 is 32.7 Å². The topological polar surface area (TPSA) is 80.8 Å². The average molecular weight is 401 g/mol. The molecule has 1 aliphatic heterocycles. The summed E-state index contributed by atoms with van der Waals surface area (Å²) in [7, 11) is 0. The number of rotatable bonds is 7. The number of hydrogen-bond acceptors (Lipinski definition) is 5. The van der Waals surface area contributed by atoms with Crippen LogP contribution in [0.5, 0.6) is 0 Å².